The molecule has 7 heteroatoms. The van der Waals surface area contributed by atoms with Crippen LogP contribution in [0.1, 0.15) is 51.3 Å². The normalized spacial score (nSPS) is 11.1. The van der Waals surface area contributed by atoms with Crippen LogP contribution >= 0.6 is 11.3 Å². The zero-order valence-corrected chi connectivity index (χ0v) is 20.1. The first-order chi connectivity index (χ1) is 17.1. The number of nitrogens with zero attached hydrogens (tertiary/aromatic N) is 3. The number of nitrogen functional groups attached to an aromatic ring is 1. The van der Waals surface area contributed by atoms with E-state index in [1.54, 1.807) is 23.7 Å². The van der Waals surface area contributed by atoms with Gasteiger partial charge in [0.05, 0.1) is 21.4 Å². The Morgan fingerprint density at radius 2 is 1.71 bits per heavy atom. The van der Waals surface area contributed by atoms with Crippen LogP contribution in [0.4, 0.5) is 5.95 Å². The predicted molar refractivity (Wildman–Crippen MR) is 138 cm³/mol. The summed E-state index contributed by atoms with van der Waals surface area (Å²) < 4.78 is 1.17. The molecule has 5 aromatic rings. The molecule has 0 bridgehead atoms. The molecule has 3 N–H and O–H groups in total. The van der Waals surface area contributed by atoms with E-state index in [9.17, 15) is 4.79 Å². The SMILES string of the molecule is Nc1nc(Cc2ccc3ncsc3c2)cc(Cc2ccc(C(=O)CCCc3ccncc3)cc2)[nH+]1. The molecule has 0 spiro atoms. The molecule has 0 saturated carbocycles. The van der Waals surface area contributed by atoms with Gasteiger partial charge in [-0.05, 0) is 53.8 Å². The third-order valence-electron chi connectivity index (χ3n) is 5.96. The number of pyridine rings is 1. The lowest BCUT2D eigenvalue weighted by Gasteiger charge is -2.05. The van der Waals surface area contributed by atoms with Crippen LogP contribution in [0.15, 0.2) is 78.6 Å². The maximum Gasteiger partial charge on any atom is 0.387 e. The molecule has 0 aliphatic carbocycles. The van der Waals surface area contributed by atoms with Crippen LogP contribution in [0.25, 0.3) is 10.2 Å². The summed E-state index contributed by atoms with van der Waals surface area (Å²) in [4.78, 5) is 28.6. The minimum absolute atomic E-state index is 0.172. The first-order valence-electron chi connectivity index (χ1n) is 11.6. The molecule has 0 saturated heterocycles. The molecule has 2 aromatic carbocycles. The van der Waals surface area contributed by atoms with E-state index in [-0.39, 0.29) is 5.78 Å². The maximum atomic E-state index is 12.6. The van der Waals surface area contributed by atoms with E-state index in [0.29, 0.717) is 25.2 Å². The number of aryl methyl sites for hydroxylation is 1. The fraction of sp³-hybridized carbons (Fsp3) is 0.179. The Morgan fingerprint density at radius 3 is 2.54 bits per heavy atom. The van der Waals surface area contributed by atoms with Crippen molar-refractivity contribution in [1.82, 2.24) is 15.0 Å². The number of hydrogen-bond donors (Lipinski definition) is 1. The van der Waals surface area contributed by atoms with Crippen molar-refractivity contribution in [2.24, 2.45) is 0 Å². The number of thiazole rings is 1. The average Bonchev–Trinajstić information content (AvgIpc) is 3.33. The molecule has 0 aliphatic heterocycles. The van der Waals surface area contributed by atoms with Gasteiger partial charge in [-0.2, -0.15) is 0 Å². The van der Waals surface area contributed by atoms with Crippen LogP contribution in [0, 0.1) is 0 Å². The molecule has 0 aliphatic rings. The second-order valence-corrected chi connectivity index (χ2v) is 9.51. The molecule has 0 unspecified atom stereocenters. The van der Waals surface area contributed by atoms with Crippen LogP contribution in [-0.4, -0.2) is 20.7 Å². The standard InChI is InChI=1S/C28H25N5OS/c29-28-32-23(17-24(33-28)15-21-6-9-25-27(16-21)35-18-31-25)14-20-4-7-22(8-5-20)26(34)3-1-2-19-10-12-30-13-11-19/h4-13,16-18H,1-3,14-15H2,(H2,29,32,33)/p+1. The third kappa shape index (κ3) is 5.94. The molecule has 174 valence electrons. The largest absolute Gasteiger partial charge is 0.387 e. The van der Waals surface area contributed by atoms with E-state index < -0.39 is 0 Å². The number of nitrogens with one attached hydrogen (secondary N) is 1. The minimum Gasteiger partial charge on any atom is -0.294 e. The van der Waals surface area contributed by atoms with Gasteiger partial charge in [0, 0.05) is 43.3 Å². The van der Waals surface area contributed by atoms with Gasteiger partial charge in [0.2, 0.25) is 0 Å². The number of ketones is 1. The number of fused-ring (bicyclic) bond motifs is 1. The number of hydrogen-bond acceptors (Lipinski definition) is 6. The first kappa shape index (κ1) is 22.8. The maximum absolute atomic E-state index is 12.6. The zero-order chi connectivity index (χ0) is 24.0. The number of nitrogens with two attached hydrogens (primary N) is 1. The molecular weight excluding hydrogens is 454 g/mol. The van der Waals surface area contributed by atoms with Crippen LogP contribution in [0.5, 0.6) is 0 Å². The summed E-state index contributed by atoms with van der Waals surface area (Å²) in [5, 5.41) is 0. The van der Waals surface area contributed by atoms with E-state index in [4.69, 9.17) is 5.73 Å². The van der Waals surface area contributed by atoms with Gasteiger partial charge >= 0.3 is 5.95 Å². The number of anilines is 1. The topological polar surface area (TPSA) is 95.9 Å². The Hall–Kier alpha value is -3.97. The molecule has 0 atom stereocenters. The molecule has 0 amide bonds. The van der Waals surface area contributed by atoms with Crippen molar-refractivity contribution in [3.63, 3.8) is 0 Å². The molecule has 3 heterocycles. The highest BCUT2D eigenvalue weighted by atomic mass is 32.1. The monoisotopic (exact) mass is 480 g/mol. The van der Waals surface area contributed by atoms with Gasteiger partial charge in [-0.1, -0.05) is 35.3 Å². The van der Waals surface area contributed by atoms with E-state index in [1.807, 2.05) is 48.0 Å². The van der Waals surface area contributed by atoms with Crippen molar-refractivity contribution in [2.45, 2.75) is 32.1 Å². The molecule has 35 heavy (non-hydrogen) atoms. The van der Waals surface area contributed by atoms with Crippen molar-refractivity contribution < 1.29 is 9.78 Å². The number of carbonyl (C=O) groups is 1. The number of aromatic nitrogens is 4. The van der Waals surface area contributed by atoms with Crippen molar-refractivity contribution in [3.05, 3.63) is 112 Å². The average molecular weight is 481 g/mol. The summed E-state index contributed by atoms with van der Waals surface area (Å²) >= 11 is 1.64. The molecule has 5 rings (SSSR count). The van der Waals surface area contributed by atoms with E-state index in [1.165, 1.54) is 15.8 Å². The number of aromatic amines is 1. The number of carbonyl (C=O) groups excluding carboxylic acids is 1. The molecule has 0 fully saturated rings. The fourth-order valence-electron chi connectivity index (χ4n) is 4.20. The third-order valence-corrected chi connectivity index (χ3v) is 6.76. The van der Waals surface area contributed by atoms with Crippen LogP contribution < -0.4 is 10.7 Å². The lowest BCUT2D eigenvalue weighted by molar-refractivity contribution is -0.376. The number of rotatable bonds is 9. The van der Waals surface area contributed by atoms with Gasteiger partial charge in [0.1, 0.15) is 5.69 Å². The summed E-state index contributed by atoms with van der Waals surface area (Å²) in [5.41, 5.74) is 15.1. The van der Waals surface area contributed by atoms with Crippen molar-refractivity contribution >= 4 is 33.3 Å². The van der Waals surface area contributed by atoms with Crippen LogP contribution in [0.2, 0.25) is 0 Å². The molecule has 6 nitrogen and oxygen atoms in total. The second kappa shape index (κ2) is 10.5. The van der Waals surface area contributed by atoms with E-state index >= 15 is 0 Å². The summed E-state index contributed by atoms with van der Waals surface area (Å²) in [6.07, 6.45) is 7.20. The Kier molecular flexibility index (Phi) is 6.86. The molecule has 0 radical (unpaired) electrons. The highest BCUT2D eigenvalue weighted by Gasteiger charge is 2.12. The van der Waals surface area contributed by atoms with Crippen molar-refractivity contribution in [3.8, 4) is 0 Å². The number of benzene rings is 2. The van der Waals surface area contributed by atoms with Gasteiger partial charge in [0.15, 0.2) is 5.78 Å². The summed E-state index contributed by atoms with van der Waals surface area (Å²) in [5.74, 6) is 0.572. The highest BCUT2D eigenvalue weighted by molar-refractivity contribution is 7.16. The Bertz CT molecular complexity index is 1450. The van der Waals surface area contributed by atoms with Gasteiger partial charge in [0.25, 0.3) is 0 Å². The van der Waals surface area contributed by atoms with Crippen LogP contribution in [-0.2, 0) is 19.3 Å². The quantitative estimate of drug-likeness (QED) is 0.304. The second-order valence-electron chi connectivity index (χ2n) is 8.62. The van der Waals surface area contributed by atoms with Gasteiger partial charge in [-0.15, -0.1) is 11.3 Å². The minimum atomic E-state index is 0.172. The summed E-state index contributed by atoms with van der Waals surface area (Å²) in [6, 6.07) is 20.2. The number of H-pyrrole nitrogens is 1. The first-order valence-corrected chi connectivity index (χ1v) is 12.5. The van der Waals surface area contributed by atoms with E-state index in [2.05, 4.69) is 38.1 Å². The lowest BCUT2D eigenvalue weighted by Crippen LogP contribution is -2.20. The molecular formula is C28H26N5OS+. The fourth-order valence-corrected chi connectivity index (χ4v) is 4.94. The van der Waals surface area contributed by atoms with E-state index in [0.717, 1.165) is 40.9 Å². The van der Waals surface area contributed by atoms with Crippen molar-refractivity contribution in [1.29, 1.82) is 0 Å². The van der Waals surface area contributed by atoms with Crippen LogP contribution in [0.3, 0.4) is 0 Å². The number of Topliss-reactive ketones (excluding diaryl/α,β-unsaturated/α-hetero) is 1. The zero-order valence-electron chi connectivity index (χ0n) is 19.3. The smallest absolute Gasteiger partial charge is 0.294 e. The van der Waals surface area contributed by atoms with Crippen molar-refractivity contribution in [2.75, 3.05) is 5.73 Å². The Balaban J connectivity index is 1.21. The Labute approximate surface area is 207 Å². The summed E-state index contributed by atoms with van der Waals surface area (Å²) in [6.45, 7) is 0. The van der Waals surface area contributed by atoms with Gasteiger partial charge < -0.3 is 0 Å². The van der Waals surface area contributed by atoms with Gasteiger partial charge in [-0.25, -0.2) is 9.97 Å². The lowest BCUT2D eigenvalue weighted by atomic mass is 10.0. The Morgan fingerprint density at radius 1 is 0.914 bits per heavy atom. The molecule has 3 aromatic heterocycles. The highest BCUT2D eigenvalue weighted by Crippen LogP contribution is 2.21. The summed E-state index contributed by atoms with van der Waals surface area (Å²) in [7, 11) is 0. The predicted octanol–water partition coefficient (Wildman–Crippen LogP) is 4.87. The van der Waals surface area contributed by atoms with Gasteiger partial charge in [-0.3, -0.25) is 15.5 Å².